The maximum Gasteiger partial charge on any atom is 0.251 e. The van der Waals surface area contributed by atoms with Gasteiger partial charge in [-0.1, -0.05) is 29.8 Å². The third kappa shape index (κ3) is 4.97. The monoisotopic (exact) mass is 388 g/mol. The van der Waals surface area contributed by atoms with Crippen molar-refractivity contribution < 1.29 is 9.53 Å². The number of amides is 1. The molecule has 2 heterocycles. The molecule has 29 heavy (non-hydrogen) atoms. The molecule has 0 unspecified atom stereocenters. The molecule has 3 aromatic rings. The van der Waals surface area contributed by atoms with Crippen molar-refractivity contribution in [1.29, 1.82) is 0 Å². The van der Waals surface area contributed by atoms with E-state index < -0.39 is 0 Å². The van der Waals surface area contributed by atoms with Crippen molar-refractivity contribution >= 4 is 17.4 Å². The van der Waals surface area contributed by atoms with Crippen LogP contribution < -0.4 is 10.6 Å². The van der Waals surface area contributed by atoms with E-state index in [2.05, 4.69) is 39.7 Å². The summed E-state index contributed by atoms with van der Waals surface area (Å²) in [5, 5.41) is 6.20. The summed E-state index contributed by atoms with van der Waals surface area (Å²) in [7, 11) is 0. The zero-order valence-electron chi connectivity index (χ0n) is 16.4. The van der Waals surface area contributed by atoms with Crippen LogP contribution in [0.3, 0.4) is 0 Å². The van der Waals surface area contributed by atoms with Crippen LogP contribution in [-0.4, -0.2) is 35.1 Å². The van der Waals surface area contributed by atoms with E-state index in [-0.39, 0.29) is 12.0 Å². The maximum atomic E-state index is 12.3. The predicted octanol–water partition coefficient (Wildman–Crippen LogP) is 4.10. The lowest BCUT2D eigenvalue weighted by molar-refractivity contribution is 0.0858. The fourth-order valence-electron chi connectivity index (χ4n) is 3.27. The van der Waals surface area contributed by atoms with Crippen molar-refractivity contribution in [3.8, 4) is 11.3 Å². The van der Waals surface area contributed by atoms with Gasteiger partial charge in [-0.2, -0.15) is 0 Å². The van der Waals surface area contributed by atoms with Gasteiger partial charge in [-0.25, -0.2) is 9.97 Å². The molecule has 1 aliphatic heterocycles. The lowest BCUT2D eigenvalue weighted by Gasteiger charge is -2.11. The van der Waals surface area contributed by atoms with Crippen LogP contribution in [0.2, 0.25) is 0 Å². The van der Waals surface area contributed by atoms with E-state index in [0.717, 1.165) is 36.4 Å². The van der Waals surface area contributed by atoms with E-state index in [4.69, 9.17) is 4.74 Å². The second-order valence-corrected chi connectivity index (χ2v) is 7.20. The van der Waals surface area contributed by atoms with Gasteiger partial charge in [-0.05, 0) is 44.0 Å². The number of carbonyl (C=O) groups is 1. The Morgan fingerprint density at radius 3 is 2.62 bits per heavy atom. The van der Waals surface area contributed by atoms with Crippen LogP contribution in [0.15, 0.2) is 60.9 Å². The molecule has 4 rings (SSSR count). The first kappa shape index (κ1) is 19.1. The molecule has 148 valence electrons. The summed E-state index contributed by atoms with van der Waals surface area (Å²) in [4.78, 5) is 20.9. The van der Waals surface area contributed by atoms with Crippen LogP contribution >= 0.6 is 0 Å². The first-order chi connectivity index (χ1) is 14.2. The Morgan fingerprint density at radius 1 is 1.10 bits per heavy atom. The molecular formula is C23H24N4O2. The molecule has 6 heteroatoms. The number of nitrogens with one attached hydrogen (secondary N) is 2. The third-order valence-electron chi connectivity index (χ3n) is 4.95. The Bertz CT molecular complexity index is 965. The Balaban J connectivity index is 1.39. The number of carbonyl (C=O) groups excluding carboxylic acids is 1. The molecule has 6 nitrogen and oxygen atoms in total. The molecule has 0 spiro atoms. The number of aromatic nitrogens is 2. The molecule has 1 aromatic heterocycles. The molecular weight excluding hydrogens is 364 g/mol. The minimum Gasteiger partial charge on any atom is -0.376 e. The average molecular weight is 388 g/mol. The summed E-state index contributed by atoms with van der Waals surface area (Å²) in [6, 6.07) is 17.5. The number of rotatable bonds is 6. The van der Waals surface area contributed by atoms with Crippen LogP contribution in [0.4, 0.5) is 11.5 Å². The maximum absolute atomic E-state index is 12.3. The van der Waals surface area contributed by atoms with E-state index in [1.807, 2.05) is 30.3 Å². The largest absolute Gasteiger partial charge is 0.376 e. The molecule has 1 fully saturated rings. The van der Waals surface area contributed by atoms with E-state index in [9.17, 15) is 4.79 Å². The fraction of sp³-hybridized carbons (Fsp3) is 0.261. The van der Waals surface area contributed by atoms with Gasteiger partial charge in [-0.15, -0.1) is 0 Å². The summed E-state index contributed by atoms with van der Waals surface area (Å²) in [5.74, 6) is 0.613. The normalized spacial score (nSPS) is 15.8. The SMILES string of the molecule is Cc1ccc(-c2cc(Nc3ccc(C(=O)NC[C@@H]4CCCO4)cc3)ncn2)cc1. The van der Waals surface area contributed by atoms with Gasteiger partial charge in [0, 0.05) is 36.0 Å². The molecule has 1 saturated heterocycles. The number of hydrogen-bond donors (Lipinski definition) is 2. The van der Waals surface area contributed by atoms with Crippen LogP contribution in [0.1, 0.15) is 28.8 Å². The van der Waals surface area contributed by atoms with Gasteiger partial charge in [0.1, 0.15) is 12.1 Å². The molecule has 1 aliphatic rings. The van der Waals surface area contributed by atoms with Crippen molar-refractivity contribution in [2.75, 3.05) is 18.5 Å². The highest BCUT2D eigenvalue weighted by Crippen LogP contribution is 2.21. The first-order valence-corrected chi connectivity index (χ1v) is 9.83. The molecule has 0 saturated carbocycles. The molecule has 0 radical (unpaired) electrons. The molecule has 1 amide bonds. The summed E-state index contributed by atoms with van der Waals surface area (Å²) >= 11 is 0. The smallest absolute Gasteiger partial charge is 0.251 e. The zero-order chi connectivity index (χ0) is 20.1. The van der Waals surface area contributed by atoms with Crippen LogP contribution in [-0.2, 0) is 4.74 Å². The number of benzene rings is 2. The Labute approximate surface area is 170 Å². The lowest BCUT2D eigenvalue weighted by atomic mass is 10.1. The van der Waals surface area contributed by atoms with E-state index in [1.54, 1.807) is 18.5 Å². The van der Waals surface area contributed by atoms with Gasteiger partial charge < -0.3 is 15.4 Å². The third-order valence-corrected chi connectivity index (χ3v) is 4.95. The molecule has 2 aromatic carbocycles. The number of aryl methyl sites for hydroxylation is 1. The number of nitrogens with zero attached hydrogens (tertiary/aromatic N) is 2. The second kappa shape index (κ2) is 8.84. The van der Waals surface area contributed by atoms with Crippen molar-refractivity contribution in [2.24, 2.45) is 0 Å². The van der Waals surface area contributed by atoms with Gasteiger partial charge >= 0.3 is 0 Å². The summed E-state index contributed by atoms with van der Waals surface area (Å²) in [6.45, 7) is 3.40. The Hall–Kier alpha value is -3.25. The van der Waals surface area contributed by atoms with E-state index >= 15 is 0 Å². The Morgan fingerprint density at radius 2 is 1.90 bits per heavy atom. The molecule has 0 bridgehead atoms. The van der Waals surface area contributed by atoms with Crippen molar-refractivity contribution in [2.45, 2.75) is 25.9 Å². The number of ether oxygens (including phenoxy) is 1. The Kier molecular flexibility index (Phi) is 5.81. The van der Waals surface area contributed by atoms with Gasteiger partial charge in [0.2, 0.25) is 0 Å². The first-order valence-electron chi connectivity index (χ1n) is 9.83. The number of hydrogen-bond acceptors (Lipinski definition) is 5. The van der Waals surface area contributed by atoms with Crippen molar-refractivity contribution in [1.82, 2.24) is 15.3 Å². The van der Waals surface area contributed by atoms with Crippen molar-refractivity contribution in [3.05, 3.63) is 72.1 Å². The highest BCUT2D eigenvalue weighted by Gasteiger charge is 2.16. The average Bonchev–Trinajstić information content (AvgIpc) is 3.27. The van der Waals surface area contributed by atoms with E-state index in [0.29, 0.717) is 17.9 Å². The molecule has 2 N–H and O–H groups in total. The summed E-state index contributed by atoms with van der Waals surface area (Å²) in [6.07, 6.45) is 3.76. The van der Waals surface area contributed by atoms with Gasteiger partial charge in [0.25, 0.3) is 5.91 Å². The number of anilines is 2. The summed E-state index contributed by atoms with van der Waals surface area (Å²) in [5.41, 5.74) is 4.58. The van der Waals surface area contributed by atoms with Crippen LogP contribution in [0.25, 0.3) is 11.3 Å². The van der Waals surface area contributed by atoms with Crippen LogP contribution in [0.5, 0.6) is 0 Å². The fourth-order valence-corrected chi connectivity index (χ4v) is 3.27. The van der Waals surface area contributed by atoms with Gasteiger partial charge in [0.05, 0.1) is 11.8 Å². The minimum absolute atomic E-state index is 0.0873. The lowest BCUT2D eigenvalue weighted by Crippen LogP contribution is -2.31. The predicted molar refractivity (Wildman–Crippen MR) is 113 cm³/mol. The van der Waals surface area contributed by atoms with Crippen LogP contribution in [0, 0.1) is 6.92 Å². The zero-order valence-corrected chi connectivity index (χ0v) is 16.4. The van der Waals surface area contributed by atoms with E-state index in [1.165, 1.54) is 5.56 Å². The highest BCUT2D eigenvalue weighted by molar-refractivity contribution is 5.94. The standard InChI is InChI=1S/C23H24N4O2/c1-16-4-6-17(7-5-16)21-13-22(26-15-25-21)27-19-10-8-18(9-11-19)23(28)24-14-20-3-2-12-29-20/h4-11,13,15,20H,2-3,12,14H2,1H3,(H,24,28)(H,25,26,27)/t20-/m0/s1. The van der Waals surface area contributed by atoms with Gasteiger partial charge in [0.15, 0.2) is 0 Å². The molecule has 1 atom stereocenters. The highest BCUT2D eigenvalue weighted by atomic mass is 16.5. The van der Waals surface area contributed by atoms with Crippen molar-refractivity contribution in [3.63, 3.8) is 0 Å². The topological polar surface area (TPSA) is 76.1 Å². The minimum atomic E-state index is -0.0873. The summed E-state index contributed by atoms with van der Waals surface area (Å²) < 4.78 is 5.54. The quantitative estimate of drug-likeness (QED) is 0.665. The van der Waals surface area contributed by atoms with Gasteiger partial charge in [-0.3, -0.25) is 4.79 Å². The molecule has 0 aliphatic carbocycles. The second-order valence-electron chi connectivity index (χ2n) is 7.20.